The van der Waals surface area contributed by atoms with Gasteiger partial charge in [0, 0.05) is 18.7 Å². The molecule has 0 aromatic heterocycles. The molecule has 0 saturated heterocycles. The molecule has 7 nitrogen and oxygen atoms in total. The molecule has 18 heavy (non-hydrogen) atoms. The molecule has 7 heteroatoms. The highest BCUT2D eigenvalue weighted by Gasteiger charge is 2.06. The average molecular weight is 253 g/mol. The van der Waals surface area contributed by atoms with Crippen LogP contribution in [-0.4, -0.2) is 28.7 Å². The highest BCUT2D eigenvalue weighted by atomic mass is 16.6. The van der Waals surface area contributed by atoms with Crippen LogP contribution in [0.3, 0.4) is 0 Å². The first kappa shape index (κ1) is 13.9. The molecular formula is C11H15N3O4. The molecular weight excluding hydrogens is 238 g/mol. The molecule has 1 rings (SSSR count). The summed E-state index contributed by atoms with van der Waals surface area (Å²) >= 11 is 0. The third kappa shape index (κ3) is 4.38. The van der Waals surface area contributed by atoms with Crippen molar-refractivity contribution in [2.75, 3.05) is 6.61 Å². The molecule has 0 aliphatic carbocycles. The van der Waals surface area contributed by atoms with Gasteiger partial charge in [0.25, 0.3) is 5.69 Å². The van der Waals surface area contributed by atoms with Crippen LogP contribution in [0, 0.1) is 10.1 Å². The molecule has 0 aliphatic heterocycles. The maximum Gasteiger partial charge on any atom is 0.315 e. The third-order valence-corrected chi connectivity index (χ3v) is 2.25. The Balaban J connectivity index is 2.44. The van der Waals surface area contributed by atoms with Crippen molar-refractivity contribution in [3.63, 3.8) is 0 Å². The number of carbonyl (C=O) groups excluding carboxylic acids is 1. The molecule has 0 saturated carbocycles. The maximum absolute atomic E-state index is 11.3. The van der Waals surface area contributed by atoms with E-state index < -0.39 is 11.0 Å². The number of carbonyl (C=O) groups is 1. The minimum Gasteiger partial charge on any atom is -0.394 e. The Morgan fingerprint density at radius 1 is 1.44 bits per heavy atom. The number of amides is 2. The average Bonchev–Trinajstić information content (AvgIpc) is 2.36. The van der Waals surface area contributed by atoms with Crippen molar-refractivity contribution in [2.45, 2.75) is 19.5 Å². The molecule has 3 N–H and O–H groups in total. The van der Waals surface area contributed by atoms with Gasteiger partial charge in [-0.3, -0.25) is 10.1 Å². The quantitative estimate of drug-likeness (QED) is 0.532. The van der Waals surface area contributed by atoms with Crippen LogP contribution in [0.25, 0.3) is 0 Å². The monoisotopic (exact) mass is 253 g/mol. The Kier molecular flexibility index (Phi) is 5.06. The number of aliphatic hydroxyl groups is 1. The number of hydrogen-bond acceptors (Lipinski definition) is 4. The summed E-state index contributed by atoms with van der Waals surface area (Å²) in [6, 6.07) is 5.20. The van der Waals surface area contributed by atoms with E-state index in [0.29, 0.717) is 0 Å². The minimum atomic E-state index is -0.479. The lowest BCUT2D eigenvalue weighted by molar-refractivity contribution is -0.384. The zero-order valence-corrected chi connectivity index (χ0v) is 9.92. The van der Waals surface area contributed by atoms with Crippen LogP contribution < -0.4 is 10.6 Å². The van der Waals surface area contributed by atoms with Gasteiger partial charge in [-0.15, -0.1) is 0 Å². The Hall–Kier alpha value is -2.15. The number of nitrogens with one attached hydrogen (secondary N) is 2. The van der Waals surface area contributed by atoms with Crippen molar-refractivity contribution in [3.8, 4) is 0 Å². The summed E-state index contributed by atoms with van der Waals surface area (Å²) in [5.74, 6) is 0. The molecule has 1 atom stereocenters. The number of urea groups is 1. The van der Waals surface area contributed by atoms with E-state index >= 15 is 0 Å². The zero-order valence-electron chi connectivity index (χ0n) is 9.92. The van der Waals surface area contributed by atoms with Crippen LogP contribution in [0.4, 0.5) is 10.5 Å². The molecule has 98 valence electrons. The number of nitro groups is 1. The number of rotatable bonds is 5. The van der Waals surface area contributed by atoms with Crippen molar-refractivity contribution in [1.29, 1.82) is 0 Å². The highest BCUT2D eigenvalue weighted by molar-refractivity contribution is 5.74. The number of hydrogen-bond donors (Lipinski definition) is 3. The predicted octanol–water partition coefficient (Wildman–Crippen LogP) is 0.775. The second-order valence-corrected chi connectivity index (χ2v) is 3.83. The topological polar surface area (TPSA) is 104 Å². The van der Waals surface area contributed by atoms with Gasteiger partial charge in [0.1, 0.15) is 0 Å². The molecule has 0 aliphatic rings. The molecule has 0 heterocycles. The lowest BCUT2D eigenvalue weighted by atomic mass is 10.2. The van der Waals surface area contributed by atoms with Gasteiger partial charge in [-0.25, -0.2) is 4.79 Å². The second-order valence-electron chi connectivity index (χ2n) is 3.83. The summed E-state index contributed by atoms with van der Waals surface area (Å²) < 4.78 is 0. The molecule has 0 spiro atoms. The number of aliphatic hydroxyl groups excluding tert-OH is 1. The molecule has 1 unspecified atom stereocenters. The van der Waals surface area contributed by atoms with Crippen LogP contribution in [0.2, 0.25) is 0 Å². The lowest BCUT2D eigenvalue weighted by Crippen LogP contribution is -2.41. The van der Waals surface area contributed by atoms with Gasteiger partial charge in [-0.05, 0) is 12.5 Å². The van der Waals surface area contributed by atoms with Gasteiger partial charge in [-0.1, -0.05) is 12.1 Å². The van der Waals surface area contributed by atoms with Gasteiger partial charge in [0.05, 0.1) is 17.6 Å². The molecule has 1 aromatic rings. The van der Waals surface area contributed by atoms with Gasteiger partial charge >= 0.3 is 6.03 Å². The first-order valence-corrected chi connectivity index (χ1v) is 5.41. The first-order valence-electron chi connectivity index (χ1n) is 5.41. The number of nitrogens with zero attached hydrogens (tertiary/aromatic N) is 1. The molecule has 0 bridgehead atoms. The van der Waals surface area contributed by atoms with E-state index in [-0.39, 0.29) is 24.9 Å². The lowest BCUT2D eigenvalue weighted by Gasteiger charge is -2.11. The predicted molar refractivity (Wildman–Crippen MR) is 65.0 cm³/mol. The Bertz CT molecular complexity index is 419. The molecule has 2 amide bonds. The maximum atomic E-state index is 11.3. The van der Waals surface area contributed by atoms with Crippen molar-refractivity contribution < 1.29 is 14.8 Å². The fourth-order valence-corrected chi connectivity index (χ4v) is 1.24. The second kappa shape index (κ2) is 6.55. The molecule has 0 fully saturated rings. The standard InChI is InChI=1S/C11H15N3O4/c1-8(7-15)13-11(16)12-6-9-2-4-10(5-3-9)14(17)18/h2-5,8,15H,6-7H2,1H3,(H2,12,13,16). The van der Waals surface area contributed by atoms with Gasteiger partial charge in [-0.2, -0.15) is 0 Å². The Morgan fingerprint density at radius 3 is 2.56 bits per heavy atom. The summed E-state index contributed by atoms with van der Waals surface area (Å²) in [5.41, 5.74) is 0.768. The number of benzene rings is 1. The smallest absolute Gasteiger partial charge is 0.315 e. The van der Waals surface area contributed by atoms with Crippen molar-refractivity contribution in [1.82, 2.24) is 10.6 Å². The van der Waals surface area contributed by atoms with Crippen LogP contribution in [0.5, 0.6) is 0 Å². The summed E-state index contributed by atoms with van der Waals surface area (Å²) in [6.07, 6.45) is 0. The van der Waals surface area contributed by atoms with Gasteiger partial charge in [0.15, 0.2) is 0 Å². The van der Waals surface area contributed by atoms with E-state index in [4.69, 9.17) is 5.11 Å². The van der Waals surface area contributed by atoms with E-state index in [2.05, 4.69) is 10.6 Å². The minimum absolute atomic E-state index is 0.0112. The van der Waals surface area contributed by atoms with Crippen LogP contribution in [0.1, 0.15) is 12.5 Å². The summed E-state index contributed by atoms with van der Waals surface area (Å²) in [4.78, 5) is 21.3. The summed E-state index contributed by atoms with van der Waals surface area (Å²) in [7, 11) is 0. The summed E-state index contributed by atoms with van der Waals surface area (Å²) in [6.45, 7) is 1.80. The highest BCUT2D eigenvalue weighted by Crippen LogP contribution is 2.11. The third-order valence-electron chi connectivity index (χ3n) is 2.25. The zero-order chi connectivity index (χ0) is 13.5. The fraction of sp³-hybridized carbons (Fsp3) is 0.364. The van der Waals surface area contributed by atoms with E-state index in [1.54, 1.807) is 19.1 Å². The van der Waals surface area contributed by atoms with E-state index in [0.717, 1.165) is 5.56 Å². The Morgan fingerprint density at radius 2 is 2.06 bits per heavy atom. The number of nitro benzene ring substituents is 1. The van der Waals surface area contributed by atoms with Gasteiger partial charge in [0.2, 0.25) is 0 Å². The van der Waals surface area contributed by atoms with E-state index in [1.807, 2.05) is 0 Å². The van der Waals surface area contributed by atoms with E-state index in [9.17, 15) is 14.9 Å². The van der Waals surface area contributed by atoms with Crippen molar-refractivity contribution in [3.05, 3.63) is 39.9 Å². The SMILES string of the molecule is CC(CO)NC(=O)NCc1ccc([N+](=O)[O-])cc1. The Labute approximate surface area is 104 Å². The first-order chi connectivity index (χ1) is 8.52. The fourth-order valence-electron chi connectivity index (χ4n) is 1.24. The summed E-state index contributed by atoms with van der Waals surface area (Å²) in [5, 5.41) is 24.3. The largest absolute Gasteiger partial charge is 0.394 e. The van der Waals surface area contributed by atoms with Crippen LogP contribution >= 0.6 is 0 Å². The molecule has 1 aromatic carbocycles. The van der Waals surface area contributed by atoms with Crippen LogP contribution in [-0.2, 0) is 6.54 Å². The van der Waals surface area contributed by atoms with E-state index in [1.165, 1.54) is 12.1 Å². The van der Waals surface area contributed by atoms with Gasteiger partial charge < -0.3 is 15.7 Å². The molecule has 0 radical (unpaired) electrons. The normalized spacial score (nSPS) is 11.7. The van der Waals surface area contributed by atoms with Crippen molar-refractivity contribution in [2.24, 2.45) is 0 Å². The van der Waals surface area contributed by atoms with Crippen LogP contribution in [0.15, 0.2) is 24.3 Å². The van der Waals surface area contributed by atoms with Crippen molar-refractivity contribution >= 4 is 11.7 Å². The number of non-ortho nitro benzene ring substituents is 1.